The molecular formula is C22H16O7. The maximum absolute atomic E-state index is 12.7. The molecule has 146 valence electrons. The molecule has 1 heterocycles. The zero-order chi connectivity index (χ0) is 20.7. The standard InChI is InChI=1S/C22H16O7/c23-13-4-2-12(3-5-13)19-10-18(27)21-20(29-19)9-16(25)14(22(21)28)7-11-1-6-15(24)17(26)8-11/h1-6,8-10,23-26,28H,7H2. The van der Waals surface area contributed by atoms with E-state index < -0.39 is 11.2 Å². The normalized spacial score (nSPS) is 11.0. The minimum absolute atomic E-state index is 0.00729. The van der Waals surface area contributed by atoms with Crippen LogP contribution in [0.2, 0.25) is 0 Å². The number of phenols is 5. The fourth-order valence-corrected chi connectivity index (χ4v) is 3.16. The lowest BCUT2D eigenvalue weighted by molar-refractivity contribution is 0.403. The van der Waals surface area contributed by atoms with E-state index in [-0.39, 0.29) is 51.7 Å². The Labute approximate surface area is 164 Å². The Hall–Kier alpha value is -4.13. The molecule has 0 saturated carbocycles. The van der Waals surface area contributed by atoms with Gasteiger partial charge < -0.3 is 29.9 Å². The van der Waals surface area contributed by atoms with Crippen LogP contribution in [0.3, 0.4) is 0 Å². The van der Waals surface area contributed by atoms with Gasteiger partial charge in [-0.2, -0.15) is 0 Å². The molecule has 1 aromatic heterocycles. The molecule has 0 atom stereocenters. The summed E-state index contributed by atoms with van der Waals surface area (Å²) in [6.45, 7) is 0. The topological polar surface area (TPSA) is 131 Å². The van der Waals surface area contributed by atoms with E-state index in [0.717, 1.165) is 0 Å². The van der Waals surface area contributed by atoms with Crippen molar-refractivity contribution in [1.29, 1.82) is 0 Å². The highest BCUT2D eigenvalue weighted by Crippen LogP contribution is 2.38. The van der Waals surface area contributed by atoms with Gasteiger partial charge in [0.05, 0.1) is 0 Å². The molecule has 0 aliphatic heterocycles. The summed E-state index contributed by atoms with van der Waals surface area (Å²) >= 11 is 0. The minimum atomic E-state index is -0.498. The number of aromatic hydroxyl groups is 5. The average molecular weight is 392 g/mol. The Morgan fingerprint density at radius 2 is 1.48 bits per heavy atom. The molecule has 29 heavy (non-hydrogen) atoms. The molecule has 7 nitrogen and oxygen atoms in total. The summed E-state index contributed by atoms with van der Waals surface area (Å²) in [6, 6.07) is 12.6. The summed E-state index contributed by atoms with van der Waals surface area (Å²) in [6.07, 6.45) is 0.0145. The Morgan fingerprint density at radius 3 is 2.17 bits per heavy atom. The quantitative estimate of drug-likeness (QED) is 0.337. The first kappa shape index (κ1) is 18.2. The highest BCUT2D eigenvalue weighted by atomic mass is 16.3. The molecule has 0 amide bonds. The molecule has 4 rings (SSSR count). The number of benzene rings is 3. The number of hydrogen-bond acceptors (Lipinski definition) is 7. The van der Waals surface area contributed by atoms with Gasteiger partial charge >= 0.3 is 0 Å². The van der Waals surface area contributed by atoms with Crippen molar-refractivity contribution < 1.29 is 29.9 Å². The van der Waals surface area contributed by atoms with Crippen LogP contribution in [0.25, 0.3) is 22.3 Å². The van der Waals surface area contributed by atoms with E-state index in [9.17, 15) is 30.3 Å². The lowest BCUT2D eigenvalue weighted by Gasteiger charge is -2.11. The first-order valence-electron chi connectivity index (χ1n) is 8.65. The van der Waals surface area contributed by atoms with Gasteiger partial charge in [0.25, 0.3) is 0 Å². The minimum Gasteiger partial charge on any atom is -0.508 e. The zero-order valence-corrected chi connectivity index (χ0v) is 15.0. The van der Waals surface area contributed by atoms with Gasteiger partial charge in [-0.05, 0) is 42.0 Å². The van der Waals surface area contributed by atoms with E-state index in [1.54, 1.807) is 12.1 Å². The third kappa shape index (κ3) is 3.29. The Balaban J connectivity index is 1.83. The van der Waals surface area contributed by atoms with Crippen LogP contribution >= 0.6 is 0 Å². The van der Waals surface area contributed by atoms with Crippen molar-refractivity contribution in [1.82, 2.24) is 0 Å². The molecule has 4 aromatic rings. The van der Waals surface area contributed by atoms with Crippen LogP contribution in [0.1, 0.15) is 11.1 Å². The molecule has 0 radical (unpaired) electrons. The summed E-state index contributed by atoms with van der Waals surface area (Å²) in [5.41, 5.74) is 0.654. The molecule has 5 N–H and O–H groups in total. The molecule has 0 unspecified atom stereocenters. The fraction of sp³-hybridized carbons (Fsp3) is 0.0455. The third-order valence-corrected chi connectivity index (χ3v) is 4.65. The highest BCUT2D eigenvalue weighted by Gasteiger charge is 2.18. The van der Waals surface area contributed by atoms with Gasteiger partial charge in [-0.25, -0.2) is 0 Å². The van der Waals surface area contributed by atoms with E-state index in [2.05, 4.69) is 0 Å². The molecule has 0 aliphatic rings. The first-order chi connectivity index (χ1) is 13.8. The van der Waals surface area contributed by atoms with E-state index in [1.165, 1.54) is 42.5 Å². The van der Waals surface area contributed by atoms with Crippen molar-refractivity contribution in [2.75, 3.05) is 0 Å². The van der Waals surface area contributed by atoms with Crippen LogP contribution in [-0.2, 0) is 6.42 Å². The molecule has 7 heteroatoms. The molecule has 0 aliphatic carbocycles. The Morgan fingerprint density at radius 1 is 0.759 bits per heavy atom. The smallest absolute Gasteiger partial charge is 0.197 e. The maximum atomic E-state index is 12.7. The molecule has 0 bridgehead atoms. The lowest BCUT2D eigenvalue weighted by atomic mass is 10.00. The second-order valence-corrected chi connectivity index (χ2v) is 6.62. The van der Waals surface area contributed by atoms with E-state index in [1.807, 2.05) is 0 Å². The summed E-state index contributed by atoms with van der Waals surface area (Å²) in [7, 11) is 0. The van der Waals surface area contributed by atoms with Crippen LogP contribution in [0, 0.1) is 0 Å². The second-order valence-electron chi connectivity index (χ2n) is 6.62. The van der Waals surface area contributed by atoms with Gasteiger partial charge in [0, 0.05) is 29.7 Å². The number of phenolic OH excluding ortho intramolecular Hbond substituents is 5. The van der Waals surface area contributed by atoms with Gasteiger partial charge in [0.15, 0.2) is 16.9 Å². The summed E-state index contributed by atoms with van der Waals surface area (Å²) in [5, 5.41) is 49.4. The number of rotatable bonds is 3. The second kappa shape index (κ2) is 6.79. The van der Waals surface area contributed by atoms with Crippen molar-refractivity contribution in [3.63, 3.8) is 0 Å². The number of fused-ring (bicyclic) bond motifs is 1. The van der Waals surface area contributed by atoms with Crippen molar-refractivity contribution in [3.05, 3.63) is 75.9 Å². The Bertz CT molecular complexity index is 1290. The SMILES string of the molecule is O=c1cc(-c2ccc(O)cc2)oc2cc(O)c(Cc3ccc(O)c(O)c3)c(O)c12. The largest absolute Gasteiger partial charge is 0.508 e. The summed E-state index contributed by atoms with van der Waals surface area (Å²) < 4.78 is 5.70. The van der Waals surface area contributed by atoms with Gasteiger partial charge in [-0.1, -0.05) is 6.07 Å². The maximum Gasteiger partial charge on any atom is 0.197 e. The van der Waals surface area contributed by atoms with Crippen LogP contribution in [0.5, 0.6) is 28.7 Å². The third-order valence-electron chi connectivity index (χ3n) is 4.65. The Kier molecular flexibility index (Phi) is 4.27. The van der Waals surface area contributed by atoms with Gasteiger partial charge in [0.2, 0.25) is 0 Å². The monoisotopic (exact) mass is 392 g/mol. The molecular weight excluding hydrogens is 376 g/mol. The van der Waals surface area contributed by atoms with Crippen LogP contribution in [0.15, 0.2) is 63.8 Å². The van der Waals surface area contributed by atoms with Gasteiger partial charge in [0.1, 0.15) is 34.0 Å². The predicted molar refractivity (Wildman–Crippen MR) is 105 cm³/mol. The van der Waals surface area contributed by atoms with Crippen LogP contribution in [-0.4, -0.2) is 25.5 Å². The summed E-state index contributed by atoms with van der Waals surface area (Å²) in [4.78, 5) is 12.7. The lowest BCUT2D eigenvalue weighted by Crippen LogP contribution is -2.03. The van der Waals surface area contributed by atoms with Crippen LogP contribution in [0.4, 0.5) is 0 Å². The first-order valence-corrected chi connectivity index (χ1v) is 8.65. The molecule has 0 spiro atoms. The van der Waals surface area contributed by atoms with Gasteiger partial charge in [-0.3, -0.25) is 4.79 Å². The van der Waals surface area contributed by atoms with Crippen molar-refractivity contribution in [2.24, 2.45) is 0 Å². The highest BCUT2D eigenvalue weighted by molar-refractivity contribution is 5.88. The van der Waals surface area contributed by atoms with Crippen molar-refractivity contribution in [2.45, 2.75) is 6.42 Å². The average Bonchev–Trinajstić information content (AvgIpc) is 2.68. The molecule has 0 fully saturated rings. The van der Waals surface area contributed by atoms with E-state index in [0.29, 0.717) is 11.1 Å². The molecule has 0 saturated heterocycles. The predicted octanol–water partition coefficient (Wildman–Crippen LogP) is 3.58. The van der Waals surface area contributed by atoms with Crippen molar-refractivity contribution in [3.8, 4) is 40.1 Å². The van der Waals surface area contributed by atoms with Crippen molar-refractivity contribution >= 4 is 11.0 Å². The fourth-order valence-electron chi connectivity index (χ4n) is 3.16. The number of hydrogen-bond donors (Lipinski definition) is 5. The van der Waals surface area contributed by atoms with Crippen LogP contribution < -0.4 is 5.43 Å². The summed E-state index contributed by atoms with van der Waals surface area (Å²) in [5.74, 6) is -1.04. The van der Waals surface area contributed by atoms with Gasteiger partial charge in [-0.15, -0.1) is 0 Å². The van der Waals surface area contributed by atoms with E-state index in [4.69, 9.17) is 4.42 Å². The molecule has 3 aromatic carbocycles. The van der Waals surface area contributed by atoms with E-state index >= 15 is 0 Å². The zero-order valence-electron chi connectivity index (χ0n) is 15.0.